The molecule has 7 nitrogen and oxygen atoms in total. The van der Waals surface area contributed by atoms with Gasteiger partial charge in [0.2, 0.25) is 0 Å². The van der Waals surface area contributed by atoms with Crippen molar-refractivity contribution in [3.05, 3.63) is 61.0 Å². The number of carbonyl (C=O) groups excluding carboxylic acids is 3. The van der Waals surface area contributed by atoms with Crippen LogP contribution in [0.3, 0.4) is 0 Å². The van der Waals surface area contributed by atoms with E-state index in [1.165, 1.54) is 12.0 Å². The van der Waals surface area contributed by atoms with E-state index < -0.39 is 5.97 Å². The predicted molar refractivity (Wildman–Crippen MR) is 131 cm³/mol. The maximum Gasteiger partial charge on any atom is 0.344 e. The molecule has 1 fully saturated rings. The highest BCUT2D eigenvalue weighted by atomic mass is 127. The molecular weight excluding hydrogens is 569 g/mol. The van der Waals surface area contributed by atoms with E-state index in [9.17, 15) is 14.4 Å². The number of halogens is 2. The van der Waals surface area contributed by atoms with E-state index in [0.717, 1.165) is 20.9 Å². The quantitative estimate of drug-likeness (QED) is 0.241. The van der Waals surface area contributed by atoms with Crippen LogP contribution < -0.4 is 9.47 Å². The third-order valence-corrected chi connectivity index (χ3v) is 6.22. The lowest BCUT2D eigenvalue weighted by Crippen LogP contribution is -2.27. The molecule has 0 atom stereocenters. The van der Waals surface area contributed by atoms with E-state index in [1.807, 2.05) is 24.3 Å². The van der Waals surface area contributed by atoms with E-state index in [0.29, 0.717) is 5.56 Å². The maximum atomic E-state index is 12.8. The van der Waals surface area contributed by atoms with Gasteiger partial charge in [-0.3, -0.25) is 14.5 Å². The summed E-state index contributed by atoms with van der Waals surface area (Å²) in [5.74, 6) is -0.440. The third-order valence-electron chi connectivity index (χ3n) is 4.32. The molecule has 10 heteroatoms. The number of imide groups is 1. The van der Waals surface area contributed by atoms with Gasteiger partial charge in [-0.05, 0) is 82.7 Å². The first-order valence-electron chi connectivity index (χ1n) is 9.48. The smallest absolute Gasteiger partial charge is 0.344 e. The van der Waals surface area contributed by atoms with Gasteiger partial charge in [-0.25, -0.2) is 4.79 Å². The predicted octanol–water partition coefficient (Wildman–Crippen LogP) is 5.13. The fraction of sp³-hybridized carbons (Fsp3) is 0.227. The van der Waals surface area contributed by atoms with E-state index >= 15 is 0 Å². The van der Waals surface area contributed by atoms with Gasteiger partial charge in [0.05, 0.1) is 30.2 Å². The number of hydrogen-bond donors (Lipinski definition) is 0. The summed E-state index contributed by atoms with van der Waals surface area (Å²) in [7, 11) is 1.43. The largest absolute Gasteiger partial charge is 0.493 e. The summed E-state index contributed by atoms with van der Waals surface area (Å²) in [5, 5.41) is -0.148. The third kappa shape index (κ3) is 5.96. The van der Waals surface area contributed by atoms with Gasteiger partial charge in [0.15, 0.2) is 18.1 Å². The van der Waals surface area contributed by atoms with Crippen LogP contribution in [0.4, 0.5) is 4.79 Å². The molecule has 0 radical (unpaired) electrons. The van der Waals surface area contributed by atoms with Crippen LogP contribution in [0.2, 0.25) is 5.02 Å². The fourth-order valence-corrected chi connectivity index (χ4v) is 4.33. The van der Waals surface area contributed by atoms with E-state index in [-0.39, 0.29) is 52.3 Å². The number of nitrogens with zero attached hydrogens (tertiary/aromatic N) is 1. The summed E-state index contributed by atoms with van der Waals surface area (Å²) in [4.78, 5) is 38.3. The molecule has 0 saturated carbocycles. The zero-order valence-corrected chi connectivity index (χ0v) is 21.0. The van der Waals surface area contributed by atoms with Crippen molar-refractivity contribution in [1.82, 2.24) is 4.90 Å². The Labute approximate surface area is 208 Å². The highest BCUT2D eigenvalue weighted by Crippen LogP contribution is 2.39. The number of hydrogen-bond acceptors (Lipinski definition) is 7. The summed E-state index contributed by atoms with van der Waals surface area (Å²) in [6, 6.07) is 10.8. The van der Waals surface area contributed by atoms with E-state index in [1.54, 1.807) is 25.1 Å². The normalized spacial score (nSPS) is 14.8. The summed E-state index contributed by atoms with van der Waals surface area (Å²) in [6.45, 7) is 1.82. The molecule has 3 rings (SSSR count). The number of carbonyl (C=O) groups is 3. The zero-order chi connectivity index (χ0) is 23.3. The van der Waals surface area contributed by atoms with Crippen molar-refractivity contribution in [1.29, 1.82) is 0 Å². The summed E-state index contributed by atoms with van der Waals surface area (Å²) >= 11 is 9.37. The minimum absolute atomic E-state index is 0.186. The van der Waals surface area contributed by atoms with Crippen molar-refractivity contribution in [2.24, 2.45) is 0 Å². The molecule has 0 unspecified atom stereocenters. The molecule has 2 amide bonds. The zero-order valence-electron chi connectivity index (χ0n) is 17.2. The fourth-order valence-electron chi connectivity index (χ4n) is 2.86. The van der Waals surface area contributed by atoms with Gasteiger partial charge in [-0.15, -0.1) is 0 Å². The van der Waals surface area contributed by atoms with Crippen molar-refractivity contribution in [2.75, 3.05) is 20.3 Å². The Hall–Kier alpha value is -2.24. The molecule has 32 heavy (non-hydrogen) atoms. The van der Waals surface area contributed by atoms with Crippen molar-refractivity contribution < 1.29 is 28.6 Å². The first-order valence-corrected chi connectivity index (χ1v) is 11.8. The minimum atomic E-state index is -0.531. The summed E-state index contributed by atoms with van der Waals surface area (Å²) in [6.07, 6.45) is 1.57. The molecule has 0 spiro atoms. The summed E-state index contributed by atoms with van der Waals surface area (Å²) in [5.41, 5.74) is 1.41. The van der Waals surface area contributed by atoms with Crippen molar-refractivity contribution in [3.8, 4) is 11.5 Å². The van der Waals surface area contributed by atoms with Gasteiger partial charge < -0.3 is 14.2 Å². The number of benzene rings is 2. The van der Waals surface area contributed by atoms with Gasteiger partial charge in [-0.1, -0.05) is 23.7 Å². The van der Waals surface area contributed by atoms with E-state index in [2.05, 4.69) is 22.6 Å². The monoisotopic (exact) mass is 587 g/mol. The second-order valence-corrected chi connectivity index (χ2v) is 9.17. The number of rotatable bonds is 8. The Morgan fingerprint density at radius 2 is 1.94 bits per heavy atom. The van der Waals surface area contributed by atoms with Crippen LogP contribution in [0.15, 0.2) is 41.3 Å². The molecule has 1 heterocycles. The van der Waals surface area contributed by atoms with Crippen LogP contribution in [0, 0.1) is 3.57 Å². The molecule has 1 aliphatic heterocycles. The highest BCUT2D eigenvalue weighted by molar-refractivity contribution is 14.1. The number of esters is 1. The van der Waals surface area contributed by atoms with Gasteiger partial charge in [0.25, 0.3) is 11.1 Å². The molecule has 2 aromatic rings. The highest BCUT2D eigenvalue weighted by Gasteiger charge is 2.35. The molecular formula is C22H19ClINO6S. The second kappa shape index (κ2) is 11.1. The molecule has 0 N–H and O–H groups in total. The maximum absolute atomic E-state index is 12.8. The van der Waals surface area contributed by atoms with Crippen molar-refractivity contribution in [3.63, 3.8) is 0 Å². The molecule has 0 aliphatic carbocycles. The van der Waals surface area contributed by atoms with Crippen LogP contribution in [0.5, 0.6) is 11.5 Å². The number of ether oxygens (including phenoxy) is 3. The van der Waals surface area contributed by atoms with Crippen LogP contribution in [-0.4, -0.2) is 42.3 Å². The van der Waals surface area contributed by atoms with Gasteiger partial charge in [-0.2, -0.15) is 0 Å². The van der Waals surface area contributed by atoms with Crippen LogP contribution in [0.1, 0.15) is 18.1 Å². The SMILES string of the molecule is CCOC(=O)COc1c(Cl)cc(/C=C2\SC(=O)N(Cc3ccc(I)cc3)C2=O)cc1OC. The Kier molecular flexibility index (Phi) is 8.44. The van der Waals surface area contributed by atoms with Gasteiger partial charge >= 0.3 is 5.97 Å². The Bertz CT molecular complexity index is 1070. The number of amides is 2. The lowest BCUT2D eigenvalue weighted by atomic mass is 10.1. The molecule has 0 aromatic heterocycles. The van der Waals surface area contributed by atoms with Gasteiger partial charge in [0, 0.05) is 3.57 Å². The number of thioether (sulfide) groups is 1. The second-order valence-electron chi connectivity index (χ2n) is 6.52. The van der Waals surface area contributed by atoms with Gasteiger partial charge in [0.1, 0.15) is 0 Å². The first-order chi connectivity index (χ1) is 15.3. The Balaban J connectivity index is 1.79. The number of methoxy groups -OCH3 is 1. The Morgan fingerprint density at radius 1 is 1.22 bits per heavy atom. The van der Waals surface area contributed by atoms with Crippen LogP contribution >= 0.6 is 46.0 Å². The van der Waals surface area contributed by atoms with Crippen LogP contribution in [0.25, 0.3) is 6.08 Å². The molecule has 2 aromatic carbocycles. The molecule has 0 bridgehead atoms. The lowest BCUT2D eigenvalue weighted by molar-refractivity contribution is -0.145. The van der Waals surface area contributed by atoms with Crippen molar-refractivity contribution in [2.45, 2.75) is 13.5 Å². The average Bonchev–Trinajstić information content (AvgIpc) is 3.01. The average molecular weight is 588 g/mol. The molecule has 168 valence electrons. The van der Waals surface area contributed by atoms with Crippen molar-refractivity contribution >= 4 is 69.1 Å². The minimum Gasteiger partial charge on any atom is -0.493 e. The Morgan fingerprint density at radius 3 is 2.59 bits per heavy atom. The van der Waals surface area contributed by atoms with Crippen LogP contribution in [-0.2, 0) is 20.9 Å². The topological polar surface area (TPSA) is 82.1 Å². The van der Waals surface area contributed by atoms with E-state index in [4.69, 9.17) is 25.8 Å². The molecule has 1 saturated heterocycles. The first kappa shape index (κ1) is 24.4. The summed E-state index contributed by atoms with van der Waals surface area (Å²) < 4.78 is 16.7. The lowest BCUT2D eigenvalue weighted by Gasteiger charge is -2.13. The molecule has 1 aliphatic rings. The standard InChI is InChI=1S/C22H19ClINO6S/c1-3-30-19(26)12-31-20-16(23)8-14(9-17(20)29-2)10-18-21(27)25(22(28)32-18)11-13-4-6-15(24)7-5-13/h4-10H,3,11-12H2,1-2H3/b18-10-.